The van der Waals surface area contributed by atoms with Crippen LogP contribution in [0.1, 0.15) is 5.69 Å². The molecule has 0 amide bonds. The van der Waals surface area contributed by atoms with Crippen LogP contribution in [-0.2, 0) is 0 Å². The molecule has 3 aromatic heterocycles. The van der Waals surface area contributed by atoms with Crippen molar-refractivity contribution in [1.82, 2.24) is 19.6 Å². The number of fused-ring (bicyclic) bond motifs is 2. The third kappa shape index (κ3) is 2.34. The van der Waals surface area contributed by atoms with Crippen molar-refractivity contribution in [3.05, 3.63) is 58.6 Å². The van der Waals surface area contributed by atoms with Crippen LogP contribution < -0.4 is 19.8 Å². The number of rotatable bonds is 3. The molecule has 0 unspecified atom stereocenters. The summed E-state index contributed by atoms with van der Waals surface area (Å²) in [6.45, 7) is 2.02. The summed E-state index contributed by atoms with van der Waals surface area (Å²) in [6.07, 6.45) is 1.71. The van der Waals surface area contributed by atoms with E-state index in [9.17, 15) is 4.79 Å². The number of hydrogen-bond donors (Lipinski definition) is 1. The molecule has 8 heteroatoms. The van der Waals surface area contributed by atoms with E-state index in [2.05, 4.69) is 10.1 Å². The molecule has 1 aliphatic heterocycles. The molecule has 0 saturated carbocycles. The number of methoxy groups -OCH3 is 1. The lowest BCUT2D eigenvalue weighted by atomic mass is 10.1. The van der Waals surface area contributed by atoms with Gasteiger partial charge in [-0.3, -0.25) is 14.9 Å². The van der Waals surface area contributed by atoms with E-state index in [1.165, 1.54) is 10.6 Å². The van der Waals surface area contributed by atoms with Crippen molar-refractivity contribution in [2.24, 2.45) is 0 Å². The number of hydrogen-bond acceptors (Lipinski definition) is 6. The molecular formula is C20H16N4O4. The van der Waals surface area contributed by atoms with Gasteiger partial charge in [0.2, 0.25) is 12.5 Å². The first-order chi connectivity index (χ1) is 13.7. The smallest absolute Gasteiger partial charge is 0.273 e. The topological polar surface area (TPSA) is 90.7 Å². The number of nitrogens with one attached hydrogen (secondary N) is 1. The van der Waals surface area contributed by atoms with Gasteiger partial charge < -0.3 is 14.2 Å². The highest BCUT2D eigenvalue weighted by molar-refractivity contribution is 5.81. The van der Waals surface area contributed by atoms with Gasteiger partial charge in [-0.2, -0.15) is 0 Å². The van der Waals surface area contributed by atoms with Crippen molar-refractivity contribution in [2.45, 2.75) is 6.92 Å². The van der Waals surface area contributed by atoms with Gasteiger partial charge in [-0.15, -0.1) is 0 Å². The van der Waals surface area contributed by atoms with E-state index < -0.39 is 0 Å². The van der Waals surface area contributed by atoms with Gasteiger partial charge in [-0.1, -0.05) is 6.07 Å². The van der Waals surface area contributed by atoms with Crippen LogP contribution >= 0.6 is 0 Å². The Balaban J connectivity index is 1.78. The third-order valence-electron chi connectivity index (χ3n) is 4.69. The van der Waals surface area contributed by atoms with Crippen LogP contribution in [0.5, 0.6) is 17.2 Å². The van der Waals surface area contributed by atoms with Crippen molar-refractivity contribution in [3.63, 3.8) is 0 Å². The highest BCUT2D eigenvalue weighted by atomic mass is 16.7. The summed E-state index contributed by atoms with van der Waals surface area (Å²) in [5.41, 5.74) is 3.72. The van der Waals surface area contributed by atoms with Crippen LogP contribution in [-0.4, -0.2) is 33.5 Å². The number of H-pyrrole nitrogens is 1. The van der Waals surface area contributed by atoms with Gasteiger partial charge in [0.05, 0.1) is 24.1 Å². The zero-order valence-corrected chi connectivity index (χ0v) is 15.2. The highest BCUT2D eigenvalue weighted by Crippen LogP contribution is 2.46. The Kier molecular flexibility index (Phi) is 3.58. The minimum atomic E-state index is -0.231. The van der Waals surface area contributed by atoms with Gasteiger partial charge in [0.15, 0.2) is 17.1 Å². The number of aryl methyl sites for hydroxylation is 1. The average molecular weight is 376 g/mol. The maximum Gasteiger partial charge on any atom is 0.273 e. The molecule has 1 aliphatic rings. The van der Waals surface area contributed by atoms with Gasteiger partial charge >= 0.3 is 0 Å². The Bertz CT molecular complexity index is 1260. The summed E-state index contributed by atoms with van der Waals surface area (Å²) in [5, 5.41) is 3.07. The molecule has 1 aromatic carbocycles. The molecule has 0 fully saturated rings. The first kappa shape index (κ1) is 16.4. The van der Waals surface area contributed by atoms with Crippen LogP contribution in [0.3, 0.4) is 0 Å². The van der Waals surface area contributed by atoms with Gasteiger partial charge in [0, 0.05) is 23.5 Å². The van der Waals surface area contributed by atoms with E-state index in [0.29, 0.717) is 34.2 Å². The van der Waals surface area contributed by atoms with Gasteiger partial charge in [-0.25, -0.2) is 9.50 Å². The minimum absolute atomic E-state index is 0.130. The SMILES string of the molecule is COc1c(-c2cc(=O)n3[nH]c(C)c(-c4ccccn4)c3n2)ccc2c1OCO2. The number of benzene rings is 1. The fraction of sp³-hybridized carbons (Fsp3) is 0.150. The van der Waals surface area contributed by atoms with Crippen molar-refractivity contribution in [2.75, 3.05) is 13.9 Å². The summed E-state index contributed by atoms with van der Waals surface area (Å²) in [7, 11) is 1.55. The second-order valence-electron chi connectivity index (χ2n) is 6.35. The van der Waals surface area contributed by atoms with E-state index in [4.69, 9.17) is 19.2 Å². The van der Waals surface area contributed by atoms with Crippen molar-refractivity contribution < 1.29 is 14.2 Å². The largest absolute Gasteiger partial charge is 0.492 e. The summed E-state index contributed by atoms with van der Waals surface area (Å²) in [6, 6.07) is 10.7. The Hall–Kier alpha value is -3.81. The lowest BCUT2D eigenvalue weighted by molar-refractivity contribution is 0.171. The Morgan fingerprint density at radius 2 is 2.07 bits per heavy atom. The monoisotopic (exact) mass is 376 g/mol. The first-order valence-corrected chi connectivity index (χ1v) is 8.68. The predicted octanol–water partition coefficient (Wildman–Crippen LogP) is 2.80. The normalized spacial score (nSPS) is 12.5. The Morgan fingerprint density at radius 3 is 2.86 bits per heavy atom. The van der Waals surface area contributed by atoms with Crippen LogP contribution in [0.25, 0.3) is 28.2 Å². The second-order valence-corrected chi connectivity index (χ2v) is 6.35. The number of ether oxygens (including phenoxy) is 3. The maximum absolute atomic E-state index is 12.8. The predicted molar refractivity (Wildman–Crippen MR) is 102 cm³/mol. The van der Waals surface area contributed by atoms with E-state index >= 15 is 0 Å². The number of pyridine rings is 1. The molecule has 1 N–H and O–H groups in total. The van der Waals surface area contributed by atoms with Crippen molar-refractivity contribution in [1.29, 1.82) is 0 Å². The fourth-order valence-electron chi connectivity index (χ4n) is 3.46. The quantitative estimate of drug-likeness (QED) is 0.591. The molecule has 5 rings (SSSR count). The molecule has 0 radical (unpaired) electrons. The van der Waals surface area contributed by atoms with E-state index in [0.717, 1.165) is 17.0 Å². The maximum atomic E-state index is 12.8. The van der Waals surface area contributed by atoms with Gasteiger partial charge in [-0.05, 0) is 31.2 Å². The summed E-state index contributed by atoms with van der Waals surface area (Å²) < 4.78 is 17.9. The fourth-order valence-corrected chi connectivity index (χ4v) is 3.46. The minimum Gasteiger partial charge on any atom is -0.492 e. The number of aromatic nitrogens is 4. The Labute approximate surface area is 159 Å². The van der Waals surface area contributed by atoms with E-state index in [1.807, 2.05) is 31.2 Å². The molecule has 0 bridgehead atoms. The third-order valence-corrected chi connectivity index (χ3v) is 4.69. The van der Waals surface area contributed by atoms with Crippen LogP contribution in [0.2, 0.25) is 0 Å². The summed E-state index contributed by atoms with van der Waals surface area (Å²) >= 11 is 0. The first-order valence-electron chi connectivity index (χ1n) is 8.68. The van der Waals surface area contributed by atoms with E-state index in [1.54, 1.807) is 19.4 Å². The highest BCUT2D eigenvalue weighted by Gasteiger charge is 2.24. The average Bonchev–Trinajstić information content (AvgIpc) is 3.31. The van der Waals surface area contributed by atoms with Crippen LogP contribution in [0.15, 0.2) is 47.4 Å². The summed E-state index contributed by atoms with van der Waals surface area (Å²) in [4.78, 5) is 21.9. The number of aromatic amines is 1. The molecule has 140 valence electrons. The van der Waals surface area contributed by atoms with Crippen LogP contribution in [0, 0.1) is 6.92 Å². The molecule has 0 aliphatic carbocycles. The molecule has 0 atom stereocenters. The van der Waals surface area contributed by atoms with Crippen LogP contribution in [0.4, 0.5) is 0 Å². The van der Waals surface area contributed by atoms with Crippen molar-refractivity contribution in [3.8, 4) is 39.8 Å². The lowest BCUT2D eigenvalue weighted by Crippen LogP contribution is -2.14. The molecular weight excluding hydrogens is 360 g/mol. The molecule has 28 heavy (non-hydrogen) atoms. The standard InChI is InChI=1S/C20H16N4O4/c1-11-17(13-5-3-4-8-21-13)20-22-14(9-16(25)24(20)23-11)12-6-7-15-19(18(12)26-2)28-10-27-15/h3-9,23H,10H2,1-2H3. The Morgan fingerprint density at radius 1 is 1.18 bits per heavy atom. The molecule has 4 aromatic rings. The molecule has 0 spiro atoms. The second kappa shape index (κ2) is 6.12. The zero-order chi connectivity index (χ0) is 19.3. The lowest BCUT2D eigenvalue weighted by Gasteiger charge is -2.11. The van der Waals surface area contributed by atoms with E-state index in [-0.39, 0.29) is 12.4 Å². The van der Waals surface area contributed by atoms with Gasteiger partial charge in [0.25, 0.3) is 5.56 Å². The zero-order valence-electron chi connectivity index (χ0n) is 15.2. The van der Waals surface area contributed by atoms with Crippen molar-refractivity contribution >= 4 is 5.65 Å². The molecule has 4 heterocycles. The number of nitrogens with zero attached hydrogens (tertiary/aromatic N) is 3. The molecule has 8 nitrogen and oxygen atoms in total. The van der Waals surface area contributed by atoms with Gasteiger partial charge in [0.1, 0.15) is 0 Å². The molecule has 0 saturated heterocycles. The summed E-state index contributed by atoms with van der Waals surface area (Å²) in [5.74, 6) is 1.60.